The molecule has 1 N–H and O–H groups in total. The van der Waals surface area contributed by atoms with Gasteiger partial charge in [-0.2, -0.15) is 0 Å². The number of hydrogen-bond acceptors (Lipinski definition) is 6. The number of likely N-dealkylation sites (tertiary alicyclic amines) is 2. The van der Waals surface area contributed by atoms with Gasteiger partial charge in [0.25, 0.3) is 5.91 Å². The Bertz CT molecular complexity index is 1510. The van der Waals surface area contributed by atoms with Crippen LogP contribution in [0.4, 0.5) is 0 Å². The SMILES string of the molecule is O=C(C1CC1)N1CCC(CCN2C(=O)C3(CCN(CCO)CC3)N=C2c2ccc(-c3ccc4cnccc4c3)cc2)C1. The van der Waals surface area contributed by atoms with Crippen LogP contribution in [0.15, 0.2) is 65.9 Å². The number of piperidine rings is 1. The molecule has 3 fully saturated rings. The maximum Gasteiger partial charge on any atom is 0.256 e. The van der Waals surface area contributed by atoms with Gasteiger partial charge in [-0.3, -0.25) is 24.5 Å². The summed E-state index contributed by atoms with van der Waals surface area (Å²) in [6.45, 7) is 4.55. The van der Waals surface area contributed by atoms with E-state index in [0.29, 0.717) is 37.8 Å². The van der Waals surface area contributed by atoms with E-state index in [9.17, 15) is 14.7 Å². The van der Waals surface area contributed by atoms with Crippen LogP contribution < -0.4 is 0 Å². The summed E-state index contributed by atoms with van der Waals surface area (Å²) in [5.74, 6) is 1.88. The van der Waals surface area contributed by atoms with Crippen LogP contribution in [0.5, 0.6) is 0 Å². The Morgan fingerprint density at radius 3 is 2.43 bits per heavy atom. The molecule has 1 spiro atoms. The molecule has 1 aliphatic carbocycles. The van der Waals surface area contributed by atoms with Crippen molar-refractivity contribution in [2.24, 2.45) is 16.8 Å². The summed E-state index contributed by atoms with van der Waals surface area (Å²) >= 11 is 0. The number of aliphatic hydroxyl groups excluding tert-OH is 1. The van der Waals surface area contributed by atoms with E-state index in [1.54, 1.807) is 0 Å². The molecule has 0 bridgehead atoms. The molecule has 8 nitrogen and oxygen atoms in total. The number of carbonyl (C=O) groups is 2. The van der Waals surface area contributed by atoms with Gasteiger partial charge in [0, 0.05) is 68.5 Å². The fraction of sp³-hybridized carbons (Fsp3) is 0.471. The molecule has 3 aliphatic heterocycles. The quantitative estimate of drug-likeness (QED) is 0.447. The Balaban J connectivity index is 1.11. The van der Waals surface area contributed by atoms with E-state index >= 15 is 0 Å². The summed E-state index contributed by atoms with van der Waals surface area (Å²) in [6.07, 6.45) is 8.99. The van der Waals surface area contributed by atoms with Crippen LogP contribution in [-0.4, -0.2) is 93.9 Å². The van der Waals surface area contributed by atoms with Crippen molar-refractivity contribution in [3.63, 3.8) is 0 Å². The summed E-state index contributed by atoms with van der Waals surface area (Å²) in [5, 5.41) is 11.7. The third kappa shape index (κ3) is 5.22. The van der Waals surface area contributed by atoms with Crippen molar-refractivity contribution in [2.45, 2.75) is 44.1 Å². The van der Waals surface area contributed by atoms with Crippen molar-refractivity contribution in [2.75, 3.05) is 45.9 Å². The van der Waals surface area contributed by atoms with Gasteiger partial charge in [-0.05, 0) is 73.1 Å². The highest BCUT2D eigenvalue weighted by Crippen LogP contribution is 2.37. The number of amidine groups is 1. The molecule has 1 aromatic heterocycles. The second-order valence-electron chi connectivity index (χ2n) is 12.5. The Morgan fingerprint density at radius 1 is 0.905 bits per heavy atom. The van der Waals surface area contributed by atoms with Gasteiger partial charge >= 0.3 is 0 Å². The van der Waals surface area contributed by atoms with E-state index in [4.69, 9.17) is 4.99 Å². The Labute approximate surface area is 247 Å². The number of benzene rings is 2. The zero-order valence-corrected chi connectivity index (χ0v) is 24.1. The second kappa shape index (κ2) is 11.2. The number of β-amino-alcohol motifs (C(OH)–C–C–N with tert-alkyl or cyclic N) is 1. The van der Waals surface area contributed by atoms with Gasteiger partial charge in [0.1, 0.15) is 11.4 Å². The predicted molar refractivity (Wildman–Crippen MR) is 163 cm³/mol. The van der Waals surface area contributed by atoms with E-state index < -0.39 is 5.54 Å². The summed E-state index contributed by atoms with van der Waals surface area (Å²) in [5.41, 5.74) is 2.49. The number of pyridine rings is 1. The number of amides is 2. The van der Waals surface area contributed by atoms with E-state index in [0.717, 1.165) is 85.2 Å². The molecule has 0 radical (unpaired) electrons. The van der Waals surface area contributed by atoms with Gasteiger partial charge < -0.3 is 14.9 Å². The number of hydrogen-bond donors (Lipinski definition) is 1. The van der Waals surface area contributed by atoms with E-state index in [1.807, 2.05) is 28.3 Å². The minimum Gasteiger partial charge on any atom is -0.395 e. The third-order valence-corrected chi connectivity index (χ3v) is 9.72. The van der Waals surface area contributed by atoms with Crippen molar-refractivity contribution in [1.29, 1.82) is 0 Å². The highest BCUT2D eigenvalue weighted by molar-refractivity contribution is 6.15. The van der Waals surface area contributed by atoms with Crippen LogP contribution in [0.2, 0.25) is 0 Å². The largest absolute Gasteiger partial charge is 0.395 e. The molecule has 8 heteroatoms. The first-order valence-corrected chi connectivity index (χ1v) is 15.5. The van der Waals surface area contributed by atoms with Crippen molar-refractivity contribution in [1.82, 2.24) is 19.7 Å². The van der Waals surface area contributed by atoms with Crippen LogP contribution in [0, 0.1) is 11.8 Å². The molecule has 1 unspecified atom stereocenters. The van der Waals surface area contributed by atoms with Crippen molar-refractivity contribution in [3.8, 4) is 11.1 Å². The first kappa shape index (κ1) is 27.2. The number of aliphatic hydroxyl groups is 1. The molecule has 1 saturated carbocycles. The Morgan fingerprint density at radius 2 is 1.67 bits per heavy atom. The van der Waals surface area contributed by atoms with Gasteiger partial charge in [-0.1, -0.05) is 36.4 Å². The fourth-order valence-electron chi connectivity index (χ4n) is 6.94. The number of fused-ring (bicyclic) bond motifs is 1. The summed E-state index contributed by atoms with van der Waals surface area (Å²) < 4.78 is 0. The van der Waals surface area contributed by atoms with Crippen LogP contribution in [0.1, 0.15) is 44.1 Å². The van der Waals surface area contributed by atoms with Crippen LogP contribution in [-0.2, 0) is 9.59 Å². The summed E-state index contributed by atoms with van der Waals surface area (Å²) in [6, 6.07) is 16.9. The standard InChI is InChI=1S/C34H39N5O3/c40-20-19-37-17-12-34(13-18-37)33(42)39(16-11-24-10-15-38(23-24)32(41)27-5-6-27)31(36-34)26-3-1-25(2-4-26)28-7-8-30-22-35-14-9-29(30)21-28/h1-4,7-9,14,21-22,24,27,40H,5-6,10-13,15-20,23H2. The molecule has 3 aromatic rings. The lowest BCUT2D eigenvalue weighted by Crippen LogP contribution is -2.50. The minimum atomic E-state index is -0.726. The topological polar surface area (TPSA) is 89.3 Å². The molecule has 42 heavy (non-hydrogen) atoms. The first-order valence-electron chi connectivity index (χ1n) is 15.5. The van der Waals surface area contributed by atoms with Crippen molar-refractivity contribution in [3.05, 3.63) is 66.5 Å². The number of aromatic nitrogens is 1. The molecule has 218 valence electrons. The maximum absolute atomic E-state index is 14.1. The molecule has 7 rings (SSSR count). The van der Waals surface area contributed by atoms with Crippen LogP contribution in [0.25, 0.3) is 21.9 Å². The van der Waals surface area contributed by atoms with Crippen molar-refractivity contribution < 1.29 is 14.7 Å². The van der Waals surface area contributed by atoms with Gasteiger partial charge in [0.2, 0.25) is 5.91 Å². The lowest BCUT2D eigenvalue weighted by atomic mass is 9.87. The molecular formula is C34H39N5O3. The van der Waals surface area contributed by atoms with Crippen LogP contribution >= 0.6 is 0 Å². The molecule has 2 aromatic carbocycles. The number of aliphatic imine (C=N–C) groups is 1. The highest BCUT2D eigenvalue weighted by atomic mass is 16.3. The van der Waals surface area contributed by atoms with E-state index in [1.165, 1.54) is 0 Å². The van der Waals surface area contributed by atoms with Crippen molar-refractivity contribution >= 4 is 28.4 Å². The molecule has 1 atom stereocenters. The summed E-state index contributed by atoms with van der Waals surface area (Å²) in [4.78, 5) is 42.3. The number of nitrogens with zero attached hydrogens (tertiary/aromatic N) is 5. The average molecular weight is 566 g/mol. The lowest BCUT2D eigenvalue weighted by molar-refractivity contribution is -0.133. The fourth-order valence-corrected chi connectivity index (χ4v) is 6.94. The smallest absolute Gasteiger partial charge is 0.256 e. The Hall–Kier alpha value is -3.62. The maximum atomic E-state index is 14.1. The van der Waals surface area contributed by atoms with Gasteiger partial charge in [-0.25, -0.2) is 0 Å². The molecule has 4 heterocycles. The van der Waals surface area contributed by atoms with E-state index in [-0.39, 0.29) is 18.4 Å². The molecule has 2 saturated heterocycles. The average Bonchev–Trinajstić information content (AvgIpc) is 3.72. The normalized spacial score (nSPS) is 22.4. The molecular weight excluding hydrogens is 526 g/mol. The number of carbonyl (C=O) groups excluding carboxylic acids is 2. The highest BCUT2D eigenvalue weighted by Gasteiger charge is 2.50. The lowest BCUT2D eigenvalue weighted by Gasteiger charge is -2.36. The predicted octanol–water partition coefficient (Wildman–Crippen LogP) is 3.97. The monoisotopic (exact) mass is 565 g/mol. The van der Waals surface area contributed by atoms with E-state index in [2.05, 4.69) is 52.3 Å². The van der Waals surface area contributed by atoms with Crippen LogP contribution in [0.3, 0.4) is 0 Å². The van der Waals surface area contributed by atoms with Gasteiger partial charge in [0.05, 0.1) is 6.61 Å². The Kier molecular flexibility index (Phi) is 7.28. The summed E-state index contributed by atoms with van der Waals surface area (Å²) in [7, 11) is 0. The first-order chi connectivity index (χ1) is 20.5. The third-order valence-electron chi connectivity index (χ3n) is 9.72. The molecule has 2 amide bonds. The minimum absolute atomic E-state index is 0.109. The van der Waals surface area contributed by atoms with Gasteiger partial charge in [-0.15, -0.1) is 0 Å². The number of rotatable bonds is 8. The second-order valence-corrected chi connectivity index (χ2v) is 12.5. The zero-order valence-electron chi connectivity index (χ0n) is 24.1. The van der Waals surface area contributed by atoms with Gasteiger partial charge in [0.15, 0.2) is 0 Å². The molecule has 4 aliphatic rings. The zero-order chi connectivity index (χ0) is 28.7.